The Balaban J connectivity index is 1.37. The zero-order chi connectivity index (χ0) is 18.8. The van der Waals surface area contributed by atoms with Crippen molar-refractivity contribution in [2.24, 2.45) is 5.92 Å². The number of hydrogen-bond acceptors (Lipinski definition) is 4. The Morgan fingerprint density at radius 1 is 1.00 bits per heavy atom. The summed E-state index contributed by atoms with van der Waals surface area (Å²) in [6.45, 7) is 5.29. The van der Waals surface area contributed by atoms with Crippen molar-refractivity contribution >= 4 is 11.8 Å². The van der Waals surface area contributed by atoms with E-state index in [9.17, 15) is 9.59 Å². The summed E-state index contributed by atoms with van der Waals surface area (Å²) in [6.07, 6.45) is 9.02. The summed E-state index contributed by atoms with van der Waals surface area (Å²) in [7, 11) is 0. The van der Waals surface area contributed by atoms with Crippen LogP contribution in [0.15, 0.2) is 0 Å². The zero-order valence-corrected chi connectivity index (χ0v) is 16.4. The highest BCUT2D eigenvalue weighted by molar-refractivity contribution is 5.76. The number of amides is 2. The second-order valence-corrected chi connectivity index (χ2v) is 8.43. The zero-order valence-electron chi connectivity index (χ0n) is 16.4. The predicted molar refractivity (Wildman–Crippen MR) is 101 cm³/mol. The summed E-state index contributed by atoms with van der Waals surface area (Å²) in [5, 5.41) is 8.84. The quantitative estimate of drug-likeness (QED) is 0.812. The topological polar surface area (TPSA) is 71.3 Å². The van der Waals surface area contributed by atoms with E-state index in [4.69, 9.17) is 0 Å². The van der Waals surface area contributed by atoms with E-state index >= 15 is 0 Å². The number of carbonyl (C=O) groups excluding carboxylic acids is 2. The smallest absolute Gasteiger partial charge is 0.223 e. The number of fused-ring (bicyclic) bond motifs is 1. The van der Waals surface area contributed by atoms with E-state index < -0.39 is 0 Å². The van der Waals surface area contributed by atoms with Crippen LogP contribution in [0.2, 0.25) is 0 Å². The summed E-state index contributed by atoms with van der Waals surface area (Å²) >= 11 is 0. The monoisotopic (exact) mass is 373 g/mol. The van der Waals surface area contributed by atoms with Crippen molar-refractivity contribution in [3.63, 3.8) is 0 Å². The van der Waals surface area contributed by atoms with Gasteiger partial charge in [-0.1, -0.05) is 25.7 Å². The van der Waals surface area contributed by atoms with E-state index in [1.165, 1.54) is 25.7 Å². The number of aromatic nitrogens is 3. The minimum atomic E-state index is 0.136. The predicted octanol–water partition coefficient (Wildman–Crippen LogP) is 2.32. The fourth-order valence-electron chi connectivity index (χ4n) is 4.95. The molecule has 4 rings (SSSR count). The molecule has 1 aliphatic carbocycles. The van der Waals surface area contributed by atoms with Crippen LogP contribution in [-0.2, 0) is 22.7 Å². The lowest BCUT2D eigenvalue weighted by Crippen LogP contribution is -2.41. The van der Waals surface area contributed by atoms with Gasteiger partial charge < -0.3 is 14.4 Å². The van der Waals surface area contributed by atoms with Crippen LogP contribution in [0.5, 0.6) is 0 Å². The normalized spacial score (nSPS) is 23.5. The molecule has 0 bridgehead atoms. The number of hydrogen-bond donors (Lipinski definition) is 0. The van der Waals surface area contributed by atoms with E-state index in [2.05, 4.69) is 14.8 Å². The first-order valence-electron chi connectivity index (χ1n) is 10.6. The third kappa shape index (κ3) is 4.01. The lowest BCUT2D eigenvalue weighted by atomic mass is 9.97. The van der Waals surface area contributed by atoms with E-state index in [0.29, 0.717) is 13.0 Å². The molecule has 2 fully saturated rings. The van der Waals surface area contributed by atoms with E-state index in [1.807, 2.05) is 9.80 Å². The van der Waals surface area contributed by atoms with Gasteiger partial charge in [0.05, 0.1) is 6.54 Å². The third-order valence-corrected chi connectivity index (χ3v) is 6.61. The van der Waals surface area contributed by atoms with Crippen molar-refractivity contribution in [1.29, 1.82) is 0 Å². The highest BCUT2D eigenvalue weighted by Crippen LogP contribution is 2.30. The number of nitrogens with zero attached hydrogens (tertiary/aromatic N) is 5. The van der Waals surface area contributed by atoms with Crippen LogP contribution in [0.25, 0.3) is 0 Å². The van der Waals surface area contributed by atoms with Crippen LogP contribution in [0.4, 0.5) is 0 Å². The Hall–Kier alpha value is -1.92. The molecule has 2 amide bonds. The molecule has 0 radical (unpaired) electrons. The molecule has 7 heteroatoms. The number of piperidine rings is 1. The fraction of sp³-hybridized carbons (Fsp3) is 0.800. The second kappa shape index (κ2) is 7.98. The SMILES string of the molecule is CC(=O)N1CCC[C@@H](c2nnc3n2CCN(C(=O)CCC2CCCC2)C3)C1. The molecule has 0 spiro atoms. The van der Waals surface area contributed by atoms with Gasteiger partial charge >= 0.3 is 0 Å². The standard InChI is InChI=1S/C20H31N5O2/c1-15(26)23-10-4-7-17(13-23)20-22-21-18-14-24(11-12-25(18)20)19(27)9-8-16-5-2-3-6-16/h16-17H,2-14H2,1H3/t17-/m1/s1. The van der Waals surface area contributed by atoms with Crippen molar-refractivity contribution < 1.29 is 9.59 Å². The van der Waals surface area contributed by atoms with Gasteiger partial charge in [-0.3, -0.25) is 9.59 Å². The molecule has 1 aromatic heterocycles. The largest absolute Gasteiger partial charge is 0.342 e. The maximum Gasteiger partial charge on any atom is 0.223 e. The maximum atomic E-state index is 12.6. The molecule has 7 nitrogen and oxygen atoms in total. The van der Waals surface area contributed by atoms with Crippen molar-refractivity contribution in [1.82, 2.24) is 24.6 Å². The lowest BCUT2D eigenvalue weighted by molar-refractivity contribution is -0.133. The summed E-state index contributed by atoms with van der Waals surface area (Å²) < 4.78 is 2.19. The maximum absolute atomic E-state index is 12.6. The number of likely N-dealkylation sites (tertiary alicyclic amines) is 1. The molecule has 1 saturated carbocycles. The molecule has 3 aliphatic rings. The molecule has 0 N–H and O–H groups in total. The van der Waals surface area contributed by atoms with Gasteiger partial charge in [0.25, 0.3) is 0 Å². The molecule has 3 heterocycles. The first-order valence-corrected chi connectivity index (χ1v) is 10.6. The Morgan fingerprint density at radius 2 is 1.81 bits per heavy atom. The van der Waals surface area contributed by atoms with Crippen LogP contribution in [-0.4, -0.2) is 56.0 Å². The Bertz CT molecular complexity index is 695. The van der Waals surface area contributed by atoms with Gasteiger partial charge in [-0.15, -0.1) is 10.2 Å². The minimum Gasteiger partial charge on any atom is -0.342 e. The van der Waals surface area contributed by atoms with Crippen LogP contribution in [0.3, 0.4) is 0 Å². The molecule has 1 saturated heterocycles. The van der Waals surface area contributed by atoms with Gasteiger partial charge in [0.2, 0.25) is 11.8 Å². The van der Waals surface area contributed by atoms with E-state index in [-0.39, 0.29) is 17.7 Å². The van der Waals surface area contributed by atoms with E-state index in [0.717, 1.165) is 63.0 Å². The first-order chi connectivity index (χ1) is 13.1. The average molecular weight is 374 g/mol. The van der Waals surface area contributed by atoms with Crippen molar-refractivity contribution in [3.05, 3.63) is 11.6 Å². The van der Waals surface area contributed by atoms with Crippen molar-refractivity contribution in [2.45, 2.75) is 77.3 Å². The van der Waals surface area contributed by atoms with Crippen molar-refractivity contribution in [2.75, 3.05) is 19.6 Å². The molecule has 148 valence electrons. The second-order valence-electron chi connectivity index (χ2n) is 8.43. The van der Waals surface area contributed by atoms with Gasteiger partial charge in [0.15, 0.2) is 5.82 Å². The third-order valence-electron chi connectivity index (χ3n) is 6.61. The van der Waals surface area contributed by atoms with Gasteiger partial charge in [0, 0.05) is 45.4 Å². The van der Waals surface area contributed by atoms with Crippen molar-refractivity contribution in [3.8, 4) is 0 Å². The average Bonchev–Trinajstić information content (AvgIpc) is 3.35. The van der Waals surface area contributed by atoms with Gasteiger partial charge in [0.1, 0.15) is 5.82 Å². The Kier molecular flexibility index (Phi) is 5.45. The van der Waals surface area contributed by atoms with Crippen LogP contribution >= 0.6 is 0 Å². The summed E-state index contributed by atoms with van der Waals surface area (Å²) in [6, 6.07) is 0. The molecule has 1 atom stereocenters. The highest BCUT2D eigenvalue weighted by Gasteiger charge is 2.31. The Labute approximate surface area is 161 Å². The fourth-order valence-corrected chi connectivity index (χ4v) is 4.95. The van der Waals surface area contributed by atoms with Gasteiger partial charge in [-0.2, -0.15) is 0 Å². The molecular formula is C20H31N5O2. The minimum absolute atomic E-state index is 0.136. The van der Waals surface area contributed by atoms with Gasteiger partial charge in [-0.05, 0) is 25.2 Å². The van der Waals surface area contributed by atoms with E-state index in [1.54, 1.807) is 6.92 Å². The molecule has 2 aliphatic heterocycles. The molecule has 1 aromatic rings. The van der Waals surface area contributed by atoms with Crippen LogP contribution < -0.4 is 0 Å². The molecular weight excluding hydrogens is 342 g/mol. The number of rotatable bonds is 4. The Morgan fingerprint density at radius 3 is 2.59 bits per heavy atom. The molecule has 27 heavy (non-hydrogen) atoms. The summed E-state index contributed by atoms with van der Waals surface area (Å²) in [4.78, 5) is 28.2. The highest BCUT2D eigenvalue weighted by atomic mass is 16.2. The van der Waals surface area contributed by atoms with Crippen LogP contribution in [0.1, 0.15) is 75.9 Å². The first kappa shape index (κ1) is 18.4. The van der Waals surface area contributed by atoms with Crippen LogP contribution in [0, 0.1) is 5.92 Å². The lowest BCUT2D eigenvalue weighted by Gasteiger charge is -2.33. The molecule has 0 unspecified atom stereocenters. The molecule has 0 aromatic carbocycles. The summed E-state index contributed by atoms with van der Waals surface area (Å²) in [5.74, 6) is 3.30. The summed E-state index contributed by atoms with van der Waals surface area (Å²) in [5.41, 5.74) is 0. The number of carbonyl (C=O) groups is 2. The van der Waals surface area contributed by atoms with Gasteiger partial charge in [-0.25, -0.2) is 0 Å².